The molecule has 1 atom stereocenters. The molecule has 0 saturated heterocycles. The lowest BCUT2D eigenvalue weighted by Crippen LogP contribution is -2.22. The summed E-state index contributed by atoms with van der Waals surface area (Å²) in [7, 11) is 1.41. The fraction of sp³-hybridized carbons (Fsp3) is 0.462. The van der Waals surface area contributed by atoms with Crippen molar-refractivity contribution in [3.63, 3.8) is 0 Å². The molecule has 0 aromatic heterocycles. The molecule has 0 heterocycles. The van der Waals surface area contributed by atoms with E-state index in [9.17, 15) is 4.79 Å². The molecule has 0 fully saturated rings. The van der Waals surface area contributed by atoms with Gasteiger partial charge in [0, 0.05) is 16.7 Å². The highest BCUT2D eigenvalue weighted by atomic mass is 79.9. The third kappa shape index (κ3) is 3.73. The highest BCUT2D eigenvalue weighted by molar-refractivity contribution is 9.10. The van der Waals surface area contributed by atoms with Crippen LogP contribution in [-0.2, 0) is 9.53 Å². The Hall–Kier alpha value is -1.03. The SMILES string of the molecule is COC(=O)C(C)CNc1c(C)cc(Br)cc1C. The first kappa shape index (κ1) is 14.0. The fourth-order valence-electron chi connectivity index (χ4n) is 1.73. The zero-order valence-corrected chi connectivity index (χ0v) is 12.2. The number of hydrogen-bond donors (Lipinski definition) is 1. The second-order valence-corrected chi connectivity index (χ2v) is 5.14. The van der Waals surface area contributed by atoms with Crippen molar-refractivity contribution >= 4 is 27.6 Å². The summed E-state index contributed by atoms with van der Waals surface area (Å²) in [6.45, 7) is 6.52. The van der Waals surface area contributed by atoms with Gasteiger partial charge in [0.25, 0.3) is 0 Å². The van der Waals surface area contributed by atoms with Gasteiger partial charge in [0.15, 0.2) is 0 Å². The fourth-order valence-corrected chi connectivity index (χ4v) is 2.42. The van der Waals surface area contributed by atoms with Crippen LogP contribution in [0.25, 0.3) is 0 Å². The maximum absolute atomic E-state index is 11.3. The normalized spacial score (nSPS) is 12.1. The topological polar surface area (TPSA) is 38.3 Å². The first-order valence-corrected chi connectivity index (χ1v) is 6.33. The lowest BCUT2D eigenvalue weighted by atomic mass is 10.1. The van der Waals surface area contributed by atoms with Gasteiger partial charge in [0.2, 0.25) is 0 Å². The van der Waals surface area contributed by atoms with Gasteiger partial charge in [-0.15, -0.1) is 0 Å². The highest BCUT2D eigenvalue weighted by Gasteiger charge is 2.13. The summed E-state index contributed by atoms with van der Waals surface area (Å²) in [4.78, 5) is 11.3. The van der Waals surface area contributed by atoms with Gasteiger partial charge in [0.1, 0.15) is 0 Å². The molecular weight excluding hydrogens is 282 g/mol. The molecule has 4 heteroatoms. The summed E-state index contributed by atoms with van der Waals surface area (Å²) in [5, 5.41) is 3.30. The molecule has 1 rings (SSSR count). The van der Waals surface area contributed by atoms with Gasteiger partial charge in [-0.2, -0.15) is 0 Å². The minimum absolute atomic E-state index is 0.151. The van der Waals surface area contributed by atoms with E-state index >= 15 is 0 Å². The lowest BCUT2D eigenvalue weighted by molar-refractivity contribution is -0.144. The predicted octanol–water partition coefficient (Wildman–Crippen LogP) is 3.29. The molecule has 1 N–H and O–H groups in total. The van der Waals surface area contributed by atoms with Crippen molar-refractivity contribution in [2.75, 3.05) is 19.0 Å². The van der Waals surface area contributed by atoms with Crippen LogP contribution in [0.1, 0.15) is 18.1 Å². The van der Waals surface area contributed by atoms with Gasteiger partial charge in [-0.25, -0.2) is 0 Å². The maximum atomic E-state index is 11.3. The number of aryl methyl sites for hydroxylation is 2. The van der Waals surface area contributed by atoms with Crippen molar-refractivity contribution in [1.29, 1.82) is 0 Å². The van der Waals surface area contributed by atoms with Crippen LogP contribution in [0.3, 0.4) is 0 Å². The summed E-state index contributed by atoms with van der Waals surface area (Å²) >= 11 is 3.46. The molecule has 3 nitrogen and oxygen atoms in total. The minimum atomic E-state index is -0.190. The van der Waals surface area contributed by atoms with Crippen molar-refractivity contribution in [2.45, 2.75) is 20.8 Å². The van der Waals surface area contributed by atoms with Crippen molar-refractivity contribution in [1.82, 2.24) is 0 Å². The molecule has 0 aliphatic carbocycles. The summed E-state index contributed by atoms with van der Waals surface area (Å²) in [5.74, 6) is -0.340. The highest BCUT2D eigenvalue weighted by Crippen LogP contribution is 2.25. The van der Waals surface area contributed by atoms with Crippen LogP contribution in [0.5, 0.6) is 0 Å². The number of nitrogens with one attached hydrogen (secondary N) is 1. The first-order valence-electron chi connectivity index (χ1n) is 5.54. The van der Waals surface area contributed by atoms with Crippen LogP contribution in [0, 0.1) is 19.8 Å². The van der Waals surface area contributed by atoms with E-state index in [1.54, 1.807) is 0 Å². The van der Waals surface area contributed by atoms with Gasteiger partial charge in [-0.05, 0) is 37.1 Å². The van der Waals surface area contributed by atoms with Gasteiger partial charge in [-0.3, -0.25) is 4.79 Å². The van der Waals surface area contributed by atoms with Gasteiger partial charge in [0.05, 0.1) is 13.0 Å². The molecule has 0 amide bonds. The summed E-state index contributed by atoms with van der Waals surface area (Å²) in [5.41, 5.74) is 3.41. The number of carbonyl (C=O) groups is 1. The molecule has 1 unspecified atom stereocenters. The van der Waals surface area contributed by atoms with Gasteiger partial charge >= 0.3 is 5.97 Å². The lowest BCUT2D eigenvalue weighted by Gasteiger charge is -2.16. The molecule has 0 bridgehead atoms. The number of carbonyl (C=O) groups excluding carboxylic acids is 1. The summed E-state index contributed by atoms with van der Waals surface area (Å²) in [6.07, 6.45) is 0. The Morgan fingerprint density at radius 3 is 2.41 bits per heavy atom. The largest absolute Gasteiger partial charge is 0.469 e. The molecular formula is C13H18BrNO2. The van der Waals surface area contributed by atoms with Crippen LogP contribution in [0.15, 0.2) is 16.6 Å². The van der Waals surface area contributed by atoms with E-state index < -0.39 is 0 Å². The Morgan fingerprint density at radius 2 is 1.94 bits per heavy atom. The average molecular weight is 300 g/mol. The van der Waals surface area contributed by atoms with Crippen LogP contribution in [0.4, 0.5) is 5.69 Å². The maximum Gasteiger partial charge on any atom is 0.310 e. The molecule has 1 aromatic carbocycles. The van der Waals surface area contributed by atoms with Crippen molar-refractivity contribution in [3.8, 4) is 0 Å². The summed E-state index contributed by atoms with van der Waals surface area (Å²) < 4.78 is 5.76. The molecule has 17 heavy (non-hydrogen) atoms. The minimum Gasteiger partial charge on any atom is -0.469 e. The predicted molar refractivity (Wildman–Crippen MR) is 73.3 cm³/mol. The van der Waals surface area contributed by atoms with E-state index in [1.165, 1.54) is 7.11 Å². The Balaban J connectivity index is 2.73. The third-order valence-electron chi connectivity index (χ3n) is 2.69. The first-order chi connectivity index (χ1) is 7.95. The van der Waals surface area contributed by atoms with E-state index in [2.05, 4.69) is 33.4 Å². The van der Waals surface area contributed by atoms with Crippen LogP contribution in [-0.4, -0.2) is 19.6 Å². The van der Waals surface area contributed by atoms with Crippen LogP contribution < -0.4 is 5.32 Å². The standard InChI is InChI=1S/C13H18BrNO2/c1-8-5-11(14)6-9(2)12(8)15-7-10(3)13(16)17-4/h5-6,10,15H,7H2,1-4H3. The van der Waals surface area contributed by atoms with E-state index in [0.717, 1.165) is 21.3 Å². The van der Waals surface area contributed by atoms with Crippen LogP contribution in [0.2, 0.25) is 0 Å². The quantitative estimate of drug-likeness (QED) is 0.867. The van der Waals surface area contributed by atoms with E-state index in [0.29, 0.717) is 6.54 Å². The zero-order chi connectivity index (χ0) is 13.0. The number of anilines is 1. The van der Waals surface area contributed by atoms with Crippen molar-refractivity contribution in [3.05, 3.63) is 27.7 Å². The van der Waals surface area contributed by atoms with Crippen molar-refractivity contribution < 1.29 is 9.53 Å². The average Bonchev–Trinajstić information content (AvgIpc) is 2.26. The number of rotatable bonds is 4. The Bertz CT molecular complexity index is 395. The number of ether oxygens (including phenoxy) is 1. The number of hydrogen-bond acceptors (Lipinski definition) is 3. The molecule has 0 aliphatic heterocycles. The second-order valence-electron chi connectivity index (χ2n) is 4.22. The Labute approximate surface area is 111 Å². The van der Waals surface area contributed by atoms with E-state index in [4.69, 9.17) is 4.74 Å². The van der Waals surface area contributed by atoms with Gasteiger partial charge in [-0.1, -0.05) is 22.9 Å². The van der Waals surface area contributed by atoms with Crippen molar-refractivity contribution in [2.24, 2.45) is 5.92 Å². The number of methoxy groups -OCH3 is 1. The Kier molecular flexibility index (Phi) is 5.00. The Morgan fingerprint density at radius 1 is 1.41 bits per heavy atom. The zero-order valence-electron chi connectivity index (χ0n) is 10.6. The molecule has 0 saturated carbocycles. The molecule has 0 aliphatic rings. The monoisotopic (exact) mass is 299 g/mol. The molecule has 94 valence electrons. The van der Waals surface area contributed by atoms with Gasteiger partial charge < -0.3 is 10.1 Å². The van der Waals surface area contributed by atoms with E-state index in [-0.39, 0.29) is 11.9 Å². The molecule has 0 spiro atoms. The molecule has 0 radical (unpaired) electrons. The number of halogens is 1. The third-order valence-corrected chi connectivity index (χ3v) is 3.14. The second kappa shape index (κ2) is 6.05. The number of esters is 1. The molecule has 1 aromatic rings. The summed E-state index contributed by atoms with van der Waals surface area (Å²) in [6, 6.07) is 4.11. The van der Waals surface area contributed by atoms with Crippen LogP contribution >= 0.6 is 15.9 Å². The number of benzene rings is 1. The smallest absolute Gasteiger partial charge is 0.310 e. The van der Waals surface area contributed by atoms with E-state index in [1.807, 2.05) is 20.8 Å².